The van der Waals surface area contributed by atoms with Crippen molar-refractivity contribution in [1.29, 1.82) is 0 Å². The number of rotatable bonds is 10. The van der Waals surface area contributed by atoms with Gasteiger partial charge in [0, 0.05) is 51.6 Å². The second kappa shape index (κ2) is 13.7. The molecule has 0 bridgehead atoms. The number of hydrogen-bond donors (Lipinski definition) is 1. The molecule has 0 atom stereocenters. The molecule has 0 radical (unpaired) electrons. The van der Waals surface area contributed by atoms with Gasteiger partial charge in [0.05, 0.1) is 19.9 Å². The van der Waals surface area contributed by atoms with Gasteiger partial charge in [-0.1, -0.05) is 6.07 Å². The number of aromatic nitrogens is 1. The smallest absolute Gasteiger partial charge is 0.193 e. The maximum atomic E-state index is 5.42. The standard InChI is InChI=1S/C23H35N5O2S.HI/c1-5-24-22(25-12-10-19-17-31-23(26-19)28-13-6-7-14-28)27(2)15-11-18-8-9-20(29-3)21(16-18)30-4;/h8-9,16-17H,5-7,10-15H2,1-4H3,(H,24,25);1H. The molecule has 9 heteroatoms. The lowest BCUT2D eigenvalue weighted by atomic mass is 10.1. The Morgan fingerprint density at radius 1 is 1.19 bits per heavy atom. The van der Waals surface area contributed by atoms with Crippen LogP contribution in [0.1, 0.15) is 31.0 Å². The van der Waals surface area contributed by atoms with E-state index in [0.717, 1.165) is 73.8 Å². The summed E-state index contributed by atoms with van der Waals surface area (Å²) in [6.45, 7) is 6.81. The van der Waals surface area contributed by atoms with Crippen LogP contribution < -0.4 is 19.7 Å². The molecule has 1 N–H and O–H groups in total. The Bertz CT molecular complexity index is 855. The monoisotopic (exact) mass is 573 g/mol. The average molecular weight is 574 g/mol. The topological polar surface area (TPSA) is 62.2 Å². The molecule has 7 nitrogen and oxygen atoms in total. The molecule has 0 spiro atoms. The number of guanidine groups is 1. The lowest BCUT2D eigenvalue weighted by Crippen LogP contribution is -2.40. The summed E-state index contributed by atoms with van der Waals surface area (Å²) in [6.07, 6.45) is 4.32. The van der Waals surface area contributed by atoms with Crippen LogP contribution in [0.5, 0.6) is 11.5 Å². The van der Waals surface area contributed by atoms with Crippen molar-refractivity contribution in [3.63, 3.8) is 0 Å². The molecule has 2 heterocycles. The van der Waals surface area contributed by atoms with Crippen LogP contribution in [0.15, 0.2) is 28.6 Å². The zero-order valence-corrected chi connectivity index (χ0v) is 22.7. The summed E-state index contributed by atoms with van der Waals surface area (Å²) in [5.74, 6) is 2.45. The fourth-order valence-corrected chi connectivity index (χ4v) is 4.56. The van der Waals surface area contributed by atoms with Crippen molar-refractivity contribution in [3.05, 3.63) is 34.8 Å². The Morgan fingerprint density at radius 2 is 1.94 bits per heavy atom. The predicted molar refractivity (Wildman–Crippen MR) is 145 cm³/mol. The van der Waals surface area contributed by atoms with E-state index in [0.29, 0.717) is 0 Å². The van der Waals surface area contributed by atoms with Gasteiger partial charge in [0.1, 0.15) is 0 Å². The summed E-state index contributed by atoms with van der Waals surface area (Å²) in [5, 5.41) is 6.74. The van der Waals surface area contributed by atoms with E-state index < -0.39 is 0 Å². The average Bonchev–Trinajstić information content (AvgIpc) is 3.48. The minimum atomic E-state index is 0. The lowest BCUT2D eigenvalue weighted by Gasteiger charge is -2.22. The van der Waals surface area contributed by atoms with Crippen molar-refractivity contribution < 1.29 is 9.47 Å². The normalized spacial score (nSPS) is 13.6. The van der Waals surface area contributed by atoms with Gasteiger partial charge >= 0.3 is 0 Å². The van der Waals surface area contributed by atoms with Gasteiger partial charge in [0.15, 0.2) is 22.6 Å². The van der Waals surface area contributed by atoms with Gasteiger partial charge in [-0.2, -0.15) is 0 Å². The number of anilines is 1. The Balaban J connectivity index is 0.00000363. The first-order valence-electron chi connectivity index (χ1n) is 11.0. The number of thiazole rings is 1. The van der Waals surface area contributed by atoms with E-state index in [-0.39, 0.29) is 24.0 Å². The van der Waals surface area contributed by atoms with Crippen molar-refractivity contribution in [1.82, 2.24) is 15.2 Å². The van der Waals surface area contributed by atoms with Gasteiger partial charge in [-0.05, 0) is 43.9 Å². The van der Waals surface area contributed by atoms with E-state index in [1.54, 1.807) is 25.6 Å². The van der Waals surface area contributed by atoms with Crippen LogP contribution in [0, 0.1) is 0 Å². The van der Waals surface area contributed by atoms with Gasteiger partial charge in [-0.25, -0.2) is 4.98 Å². The minimum Gasteiger partial charge on any atom is -0.493 e. The van der Waals surface area contributed by atoms with Crippen molar-refractivity contribution in [3.8, 4) is 11.5 Å². The third-order valence-electron chi connectivity index (χ3n) is 5.43. The van der Waals surface area contributed by atoms with Crippen molar-refractivity contribution in [2.75, 3.05) is 58.9 Å². The maximum absolute atomic E-state index is 5.42. The van der Waals surface area contributed by atoms with E-state index in [4.69, 9.17) is 19.5 Å². The highest BCUT2D eigenvalue weighted by atomic mass is 127. The van der Waals surface area contributed by atoms with Crippen LogP contribution in [0.3, 0.4) is 0 Å². The summed E-state index contributed by atoms with van der Waals surface area (Å²) in [6, 6.07) is 6.08. The molecular formula is C23H36IN5O2S. The molecule has 32 heavy (non-hydrogen) atoms. The summed E-state index contributed by atoms with van der Waals surface area (Å²) in [4.78, 5) is 14.2. The van der Waals surface area contributed by atoms with Gasteiger partial charge in [0.25, 0.3) is 0 Å². The predicted octanol–water partition coefficient (Wildman–Crippen LogP) is 4.06. The lowest BCUT2D eigenvalue weighted by molar-refractivity contribution is 0.354. The number of benzene rings is 1. The number of methoxy groups -OCH3 is 2. The van der Waals surface area contributed by atoms with Crippen LogP contribution in [-0.4, -0.2) is 69.8 Å². The maximum Gasteiger partial charge on any atom is 0.193 e. The molecule has 1 saturated heterocycles. The number of hydrogen-bond acceptors (Lipinski definition) is 6. The quantitative estimate of drug-likeness (QED) is 0.263. The van der Waals surface area contributed by atoms with Crippen molar-refractivity contribution >= 4 is 46.4 Å². The molecule has 1 aliphatic rings. The van der Waals surface area contributed by atoms with Gasteiger partial charge in [0.2, 0.25) is 0 Å². The molecule has 1 aromatic carbocycles. The molecular weight excluding hydrogens is 537 g/mol. The molecule has 1 aromatic heterocycles. The van der Waals surface area contributed by atoms with E-state index in [9.17, 15) is 0 Å². The number of ether oxygens (including phenoxy) is 2. The van der Waals surface area contributed by atoms with Gasteiger partial charge < -0.3 is 24.6 Å². The third kappa shape index (κ3) is 7.40. The van der Waals surface area contributed by atoms with E-state index in [1.165, 1.54) is 18.4 Å². The highest BCUT2D eigenvalue weighted by molar-refractivity contribution is 14.0. The molecule has 1 aliphatic heterocycles. The van der Waals surface area contributed by atoms with Crippen molar-refractivity contribution in [2.24, 2.45) is 4.99 Å². The van der Waals surface area contributed by atoms with Gasteiger partial charge in [-0.3, -0.25) is 4.99 Å². The number of nitrogens with zero attached hydrogens (tertiary/aromatic N) is 4. The van der Waals surface area contributed by atoms with Crippen LogP contribution in [-0.2, 0) is 12.8 Å². The molecule has 0 amide bonds. The number of nitrogens with one attached hydrogen (secondary N) is 1. The summed E-state index contributed by atoms with van der Waals surface area (Å²) in [5.41, 5.74) is 2.34. The Morgan fingerprint density at radius 3 is 2.62 bits per heavy atom. The van der Waals surface area contributed by atoms with E-state index in [2.05, 4.69) is 40.5 Å². The number of halogens is 1. The largest absolute Gasteiger partial charge is 0.493 e. The second-order valence-electron chi connectivity index (χ2n) is 7.66. The zero-order chi connectivity index (χ0) is 22.1. The summed E-state index contributed by atoms with van der Waals surface area (Å²) >= 11 is 1.75. The first-order valence-corrected chi connectivity index (χ1v) is 11.9. The van der Waals surface area contributed by atoms with E-state index in [1.807, 2.05) is 12.1 Å². The molecule has 1 fully saturated rings. The molecule has 0 aliphatic carbocycles. The Hall–Kier alpha value is -1.75. The summed E-state index contributed by atoms with van der Waals surface area (Å²) in [7, 11) is 5.40. The van der Waals surface area contributed by atoms with Crippen LogP contribution >= 0.6 is 35.3 Å². The highest BCUT2D eigenvalue weighted by Crippen LogP contribution is 2.28. The van der Waals surface area contributed by atoms with E-state index >= 15 is 0 Å². The third-order valence-corrected chi connectivity index (χ3v) is 6.38. The molecule has 2 aromatic rings. The Kier molecular flexibility index (Phi) is 11.4. The first kappa shape index (κ1) is 26.5. The number of likely N-dealkylation sites (N-methyl/N-ethyl adjacent to an activating group) is 1. The molecule has 3 rings (SSSR count). The van der Waals surface area contributed by atoms with Crippen molar-refractivity contribution in [2.45, 2.75) is 32.6 Å². The fourth-order valence-electron chi connectivity index (χ4n) is 3.65. The fraction of sp³-hybridized carbons (Fsp3) is 0.565. The van der Waals surface area contributed by atoms with Gasteiger partial charge in [-0.15, -0.1) is 35.3 Å². The van der Waals surface area contributed by atoms with Crippen LogP contribution in [0.4, 0.5) is 5.13 Å². The molecule has 178 valence electrons. The number of aliphatic imine (C=N–C) groups is 1. The van der Waals surface area contributed by atoms with Crippen LogP contribution in [0.2, 0.25) is 0 Å². The Labute approximate surface area is 213 Å². The second-order valence-corrected chi connectivity index (χ2v) is 8.50. The summed E-state index contributed by atoms with van der Waals surface area (Å²) < 4.78 is 10.7. The van der Waals surface area contributed by atoms with Crippen LogP contribution in [0.25, 0.3) is 0 Å². The SMILES string of the molecule is CCNC(=NCCc1csc(N2CCCC2)n1)N(C)CCc1ccc(OC)c(OC)c1.I. The highest BCUT2D eigenvalue weighted by Gasteiger charge is 2.15. The zero-order valence-electron chi connectivity index (χ0n) is 19.6. The molecule has 0 unspecified atom stereocenters. The minimum absolute atomic E-state index is 0. The molecule has 0 saturated carbocycles. The first-order chi connectivity index (χ1) is 15.1.